The van der Waals surface area contributed by atoms with Crippen molar-refractivity contribution in [1.29, 1.82) is 5.26 Å². The zero-order valence-corrected chi connectivity index (χ0v) is 15.0. The molecule has 0 radical (unpaired) electrons. The Kier molecular flexibility index (Phi) is 10.00. The lowest BCUT2D eigenvalue weighted by Gasteiger charge is -1.97. The first-order valence-electron chi connectivity index (χ1n) is 6.37. The summed E-state index contributed by atoms with van der Waals surface area (Å²) in [5.74, 6) is 0. The number of halogens is 2. The highest BCUT2D eigenvalue weighted by atomic mass is 79.9. The summed E-state index contributed by atoms with van der Waals surface area (Å²) in [6.45, 7) is 1.76. The Balaban J connectivity index is 0.00000220. The molecular formula is C15H16Br2N4O. The first kappa shape index (κ1) is 20.2. The molecule has 0 aliphatic carbocycles. The Morgan fingerprint density at radius 1 is 1.09 bits per heavy atom. The second-order valence-corrected chi connectivity index (χ2v) is 4.41. The van der Waals surface area contributed by atoms with Crippen LogP contribution in [0.15, 0.2) is 54.2 Å². The maximum atomic E-state index is 8.73. The molecule has 0 fully saturated rings. The number of nitrogens with zero attached hydrogens (tertiary/aromatic N) is 4. The number of hydrogen-bond acceptors (Lipinski definition) is 3. The van der Waals surface area contributed by atoms with E-state index in [1.54, 1.807) is 0 Å². The third-order valence-corrected chi connectivity index (χ3v) is 2.94. The van der Waals surface area contributed by atoms with Crippen molar-refractivity contribution in [3.05, 3.63) is 60.2 Å². The third kappa shape index (κ3) is 6.33. The predicted octanol–water partition coefficient (Wildman–Crippen LogP) is -4.96. The fraction of sp³-hybridized carbons (Fsp3) is 0.200. The molecule has 0 aliphatic rings. The van der Waals surface area contributed by atoms with Crippen LogP contribution >= 0.6 is 0 Å². The van der Waals surface area contributed by atoms with Crippen LogP contribution in [-0.2, 0) is 13.1 Å². The zero-order chi connectivity index (χ0) is 14.2. The maximum absolute atomic E-state index is 8.73. The lowest BCUT2D eigenvalue weighted by molar-refractivity contribution is -0.726. The Labute approximate surface area is 150 Å². The second kappa shape index (κ2) is 10.9. The van der Waals surface area contributed by atoms with Gasteiger partial charge in [-0.1, -0.05) is 5.16 Å². The van der Waals surface area contributed by atoms with Gasteiger partial charge < -0.3 is 39.2 Å². The molecule has 2 rings (SSSR count). The van der Waals surface area contributed by atoms with Gasteiger partial charge in [0, 0.05) is 18.2 Å². The summed E-state index contributed by atoms with van der Waals surface area (Å²) in [6, 6.07) is 9.53. The van der Waals surface area contributed by atoms with Gasteiger partial charge in [0.05, 0.1) is 29.8 Å². The largest absolute Gasteiger partial charge is 1.00 e. The lowest BCUT2D eigenvalue weighted by Crippen LogP contribution is -3.00. The van der Waals surface area contributed by atoms with Gasteiger partial charge in [-0.3, -0.25) is 0 Å². The number of oxime groups is 1. The van der Waals surface area contributed by atoms with Gasteiger partial charge in [-0.15, -0.1) is 0 Å². The summed E-state index contributed by atoms with van der Waals surface area (Å²) >= 11 is 0. The Bertz CT molecular complexity index is 639. The molecule has 2 aromatic rings. The van der Waals surface area contributed by atoms with E-state index in [-0.39, 0.29) is 34.0 Å². The molecule has 0 saturated carbocycles. The molecule has 5 nitrogen and oxygen atoms in total. The van der Waals surface area contributed by atoms with Gasteiger partial charge in [0.15, 0.2) is 37.9 Å². The fourth-order valence-electron chi connectivity index (χ4n) is 1.94. The van der Waals surface area contributed by atoms with Crippen molar-refractivity contribution in [3.63, 3.8) is 0 Å². The minimum Gasteiger partial charge on any atom is -1.00 e. The van der Waals surface area contributed by atoms with Crippen LogP contribution in [0, 0.1) is 11.3 Å². The van der Waals surface area contributed by atoms with E-state index in [4.69, 9.17) is 10.5 Å². The minimum absolute atomic E-state index is 0. The van der Waals surface area contributed by atoms with E-state index >= 15 is 0 Å². The van der Waals surface area contributed by atoms with Crippen LogP contribution in [0.1, 0.15) is 17.5 Å². The Morgan fingerprint density at radius 2 is 1.77 bits per heavy atom. The SMILES string of the molecule is N#Cc1cc[n+](CCC[n+]2cccc(/C=N\O)c2)cc1.[Br-].[Br-]. The minimum atomic E-state index is 0. The number of pyridine rings is 2. The van der Waals surface area contributed by atoms with Crippen molar-refractivity contribution in [2.24, 2.45) is 5.16 Å². The summed E-state index contributed by atoms with van der Waals surface area (Å²) < 4.78 is 4.11. The number of rotatable bonds is 5. The van der Waals surface area contributed by atoms with Crippen molar-refractivity contribution in [3.8, 4) is 6.07 Å². The van der Waals surface area contributed by atoms with Crippen LogP contribution in [0.25, 0.3) is 0 Å². The van der Waals surface area contributed by atoms with Gasteiger partial charge in [0.1, 0.15) is 0 Å². The lowest BCUT2D eigenvalue weighted by atomic mass is 10.3. The van der Waals surface area contributed by atoms with Crippen LogP contribution in [-0.4, -0.2) is 11.4 Å². The predicted molar refractivity (Wildman–Crippen MR) is 72.0 cm³/mol. The molecule has 0 spiro atoms. The standard InChI is InChI=1S/C15H15N4O.2BrH/c16-11-14-4-9-18(10-5-14)7-2-8-19-6-1-3-15(13-19)12-17-20;;/h1,3-6,9-10,12-13H,2,7-8H2;2*1H/q+1;;/p-1/b17-12-;;. The Hall–Kier alpha value is -1.78. The molecule has 0 aliphatic heterocycles. The van der Waals surface area contributed by atoms with E-state index in [1.807, 2.05) is 49.1 Å². The highest BCUT2D eigenvalue weighted by Crippen LogP contribution is 1.93. The van der Waals surface area contributed by atoms with E-state index in [0.717, 1.165) is 25.1 Å². The van der Waals surface area contributed by atoms with Crippen LogP contribution < -0.4 is 43.1 Å². The van der Waals surface area contributed by atoms with E-state index < -0.39 is 0 Å². The van der Waals surface area contributed by atoms with Crippen molar-refractivity contribution in [2.75, 3.05) is 0 Å². The molecular weight excluding hydrogens is 412 g/mol. The number of aryl methyl sites for hydroxylation is 2. The van der Waals surface area contributed by atoms with Gasteiger partial charge in [-0.05, 0) is 6.07 Å². The molecule has 0 atom stereocenters. The van der Waals surface area contributed by atoms with E-state index in [0.29, 0.717) is 5.56 Å². The first-order chi connectivity index (χ1) is 9.81. The summed E-state index contributed by atoms with van der Waals surface area (Å²) in [5.41, 5.74) is 1.53. The van der Waals surface area contributed by atoms with Crippen LogP contribution in [0.2, 0.25) is 0 Å². The molecule has 0 aromatic carbocycles. The maximum Gasteiger partial charge on any atom is 0.177 e. The van der Waals surface area contributed by atoms with Gasteiger partial charge >= 0.3 is 0 Å². The Morgan fingerprint density at radius 3 is 2.41 bits per heavy atom. The van der Waals surface area contributed by atoms with Gasteiger partial charge in [0.2, 0.25) is 0 Å². The van der Waals surface area contributed by atoms with E-state index in [2.05, 4.69) is 20.4 Å². The first-order valence-corrected chi connectivity index (χ1v) is 6.37. The molecule has 7 heteroatoms. The third-order valence-electron chi connectivity index (χ3n) is 2.94. The second-order valence-electron chi connectivity index (χ2n) is 4.41. The normalized spacial score (nSPS) is 9.59. The van der Waals surface area contributed by atoms with E-state index in [9.17, 15) is 0 Å². The monoisotopic (exact) mass is 426 g/mol. The van der Waals surface area contributed by atoms with E-state index in [1.165, 1.54) is 6.21 Å². The van der Waals surface area contributed by atoms with Gasteiger partial charge in [-0.25, -0.2) is 9.13 Å². The molecule has 0 unspecified atom stereocenters. The molecule has 0 bridgehead atoms. The highest BCUT2D eigenvalue weighted by Gasteiger charge is 2.05. The average Bonchev–Trinajstić information content (AvgIpc) is 2.49. The molecule has 0 amide bonds. The van der Waals surface area contributed by atoms with Crippen molar-refractivity contribution < 1.29 is 48.3 Å². The summed E-state index contributed by atoms with van der Waals surface area (Å²) in [7, 11) is 0. The molecule has 116 valence electrons. The molecule has 1 N–H and O–H groups in total. The highest BCUT2D eigenvalue weighted by molar-refractivity contribution is 5.77. The summed E-state index contributed by atoms with van der Waals surface area (Å²) in [4.78, 5) is 0. The summed E-state index contributed by atoms with van der Waals surface area (Å²) in [5, 5.41) is 20.3. The topological polar surface area (TPSA) is 64.1 Å². The summed E-state index contributed by atoms with van der Waals surface area (Å²) in [6.07, 6.45) is 10.1. The average molecular weight is 428 g/mol. The molecule has 0 saturated heterocycles. The number of aromatic nitrogens is 2. The van der Waals surface area contributed by atoms with Crippen LogP contribution in [0.5, 0.6) is 0 Å². The van der Waals surface area contributed by atoms with Crippen molar-refractivity contribution in [1.82, 2.24) is 0 Å². The van der Waals surface area contributed by atoms with Gasteiger partial charge in [-0.2, -0.15) is 5.26 Å². The van der Waals surface area contributed by atoms with Crippen molar-refractivity contribution >= 4 is 6.21 Å². The molecule has 2 heterocycles. The zero-order valence-electron chi connectivity index (χ0n) is 11.8. The molecule has 22 heavy (non-hydrogen) atoms. The van der Waals surface area contributed by atoms with Gasteiger partial charge in [0.25, 0.3) is 0 Å². The molecule has 2 aromatic heterocycles. The van der Waals surface area contributed by atoms with Crippen molar-refractivity contribution in [2.45, 2.75) is 19.5 Å². The smallest absolute Gasteiger partial charge is 0.177 e. The fourth-order valence-corrected chi connectivity index (χ4v) is 1.94. The van der Waals surface area contributed by atoms with Crippen LogP contribution in [0.4, 0.5) is 0 Å². The van der Waals surface area contributed by atoms with Crippen LogP contribution in [0.3, 0.4) is 0 Å². The quantitative estimate of drug-likeness (QED) is 0.225. The number of nitriles is 1. The number of hydrogen-bond donors (Lipinski definition) is 1.